The van der Waals surface area contributed by atoms with Crippen LogP contribution in [0, 0.1) is 0 Å². The number of hydrogen-bond acceptors (Lipinski definition) is 4. The lowest BCUT2D eigenvalue weighted by Crippen LogP contribution is -1.94. The van der Waals surface area contributed by atoms with Crippen LogP contribution >= 0.6 is 15.9 Å². The van der Waals surface area contributed by atoms with E-state index < -0.39 is 5.63 Å². The van der Waals surface area contributed by atoms with Crippen LogP contribution in [0.15, 0.2) is 31.9 Å². The molecule has 0 aliphatic carbocycles. The summed E-state index contributed by atoms with van der Waals surface area (Å²) in [7, 11) is 0. The first kappa shape index (κ1) is 9.08. The van der Waals surface area contributed by atoms with Crippen molar-refractivity contribution in [3.05, 3.63) is 33.1 Å². The van der Waals surface area contributed by atoms with Crippen LogP contribution in [0.4, 0.5) is 0 Å². The van der Waals surface area contributed by atoms with Crippen molar-refractivity contribution in [1.29, 1.82) is 0 Å². The Kier molecular flexibility index (Phi) is 1.96. The number of phenolic OH excluding ortho intramolecular Hbond substituents is 2. The Morgan fingerprint density at radius 1 is 1.29 bits per heavy atom. The van der Waals surface area contributed by atoms with E-state index in [1.54, 1.807) is 0 Å². The van der Waals surface area contributed by atoms with E-state index in [0.717, 1.165) is 0 Å². The summed E-state index contributed by atoms with van der Waals surface area (Å²) in [6, 6.07) is 3.94. The molecule has 2 rings (SSSR count). The molecule has 0 atom stereocenters. The van der Waals surface area contributed by atoms with E-state index in [9.17, 15) is 15.0 Å². The summed E-state index contributed by atoms with van der Waals surface area (Å²) < 4.78 is 5.12. The van der Waals surface area contributed by atoms with Crippen LogP contribution < -0.4 is 5.63 Å². The Bertz CT molecular complexity index is 558. The maximum atomic E-state index is 10.9. The summed E-state index contributed by atoms with van der Waals surface area (Å²) in [4.78, 5) is 10.9. The summed E-state index contributed by atoms with van der Waals surface area (Å²) >= 11 is 3.08. The van der Waals surface area contributed by atoms with Gasteiger partial charge in [-0.25, -0.2) is 4.79 Å². The molecule has 0 aliphatic rings. The van der Waals surface area contributed by atoms with E-state index in [0.29, 0.717) is 9.86 Å². The number of halogens is 1. The van der Waals surface area contributed by atoms with Crippen LogP contribution in [0.2, 0.25) is 0 Å². The number of rotatable bonds is 0. The fourth-order valence-electron chi connectivity index (χ4n) is 1.15. The topological polar surface area (TPSA) is 70.7 Å². The predicted molar refractivity (Wildman–Crippen MR) is 53.5 cm³/mol. The van der Waals surface area contributed by atoms with Gasteiger partial charge in [-0.1, -0.05) is 0 Å². The Morgan fingerprint density at radius 2 is 2.00 bits per heavy atom. The van der Waals surface area contributed by atoms with Crippen LogP contribution in [-0.2, 0) is 0 Å². The van der Waals surface area contributed by atoms with Crippen LogP contribution in [0.3, 0.4) is 0 Å². The van der Waals surface area contributed by atoms with Crippen molar-refractivity contribution in [2.45, 2.75) is 0 Å². The van der Waals surface area contributed by atoms with E-state index in [-0.39, 0.29) is 17.1 Å². The van der Waals surface area contributed by atoms with Gasteiger partial charge in [0.2, 0.25) is 0 Å². The Balaban J connectivity index is 2.98. The molecule has 0 spiro atoms. The lowest BCUT2D eigenvalue weighted by atomic mass is 10.2. The highest BCUT2D eigenvalue weighted by Gasteiger charge is 2.11. The molecule has 5 heteroatoms. The quantitative estimate of drug-likeness (QED) is 0.559. The summed E-state index contributed by atoms with van der Waals surface area (Å²) in [5.74, 6) is -0.606. The molecule has 2 aromatic rings. The minimum atomic E-state index is -0.505. The molecular formula is C9H5BrO4. The van der Waals surface area contributed by atoms with Crippen LogP contribution in [0.1, 0.15) is 0 Å². The zero-order chi connectivity index (χ0) is 10.3. The Morgan fingerprint density at radius 3 is 2.71 bits per heavy atom. The van der Waals surface area contributed by atoms with Crippen molar-refractivity contribution in [1.82, 2.24) is 0 Å². The lowest BCUT2D eigenvalue weighted by Gasteiger charge is -2.03. The van der Waals surface area contributed by atoms with Gasteiger partial charge in [0.25, 0.3) is 0 Å². The molecule has 0 saturated heterocycles. The van der Waals surface area contributed by atoms with Gasteiger partial charge in [-0.2, -0.15) is 0 Å². The second kappa shape index (κ2) is 3.02. The van der Waals surface area contributed by atoms with Crippen molar-refractivity contribution in [3.63, 3.8) is 0 Å². The first-order chi connectivity index (χ1) is 6.59. The van der Waals surface area contributed by atoms with Crippen molar-refractivity contribution < 1.29 is 14.6 Å². The molecule has 0 unspecified atom stereocenters. The molecule has 0 saturated carbocycles. The molecule has 1 aromatic carbocycles. The van der Waals surface area contributed by atoms with E-state index in [1.165, 1.54) is 18.2 Å². The molecule has 1 aromatic heterocycles. The van der Waals surface area contributed by atoms with E-state index in [4.69, 9.17) is 4.42 Å². The molecular weight excluding hydrogens is 252 g/mol. The van der Waals surface area contributed by atoms with Gasteiger partial charge in [0.15, 0.2) is 11.5 Å². The zero-order valence-electron chi connectivity index (χ0n) is 6.82. The third-order valence-corrected chi connectivity index (χ3v) is 2.62. The maximum Gasteiger partial charge on any atom is 0.336 e. The highest BCUT2D eigenvalue weighted by molar-refractivity contribution is 9.10. The summed E-state index contributed by atoms with van der Waals surface area (Å²) in [5.41, 5.74) is -0.283. The zero-order valence-corrected chi connectivity index (χ0v) is 8.41. The van der Waals surface area contributed by atoms with Gasteiger partial charge in [-0.15, -0.1) is 0 Å². The highest BCUT2D eigenvalue weighted by Crippen LogP contribution is 2.38. The fourth-order valence-corrected chi connectivity index (χ4v) is 1.68. The molecule has 0 bridgehead atoms. The van der Waals surface area contributed by atoms with Crippen molar-refractivity contribution in [2.75, 3.05) is 0 Å². The molecule has 2 N–H and O–H groups in total. The molecule has 0 radical (unpaired) electrons. The van der Waals surface area contributed by atoms with Crippen molar-refractivity contribution >= 4 is 26.9 Å². The van der Waals surface area contributed by atoms with E-state index in [2.05, 4.69) is 15.9 Å². The van der Waals surface area contributed by atoms with E-state index >= 15 is 0 Å². The molecule has 14 heavy (non-hydrogen) atoms. The molecule has 4 nitrogen and oxygen atoms in total. The summed E-state index contributed by atoms with van der Waals surface area (Å²) in [5, 5.41) is 19.1. The predicted octanol–water partition coefficient (Wildman–Crippen LogP) is 1.97. The van der Waals surface area contributed by atoms with Gasteiger partial charge >= 0.3 is 5.63 Å². The number of aromatic hydroxyl groups is 2. The number of hydrogen-bond donors (Lipinski definition) is 2. The standard InChI is InChI=1S/C9H5BrO4/c10-8-4-1-2-7(12)14-6(4)3-5(11)9(8)13/h1-3,11,13H. The van der Waals surface area contributed by atoms with Gasteiger partial charge in [0.05, 0.1) is 4.47 Å². The minimum Gasteiger partial charge on any atom is -0.504 e. The molecule has 0 amide bonds. The molecule has 0 aliphatic heterocycles. The van der Waals surface area contributed by atoms with Crippen LogP contribution in [0.5, 0.6) is 11.5 Å². The third kappa shape index (κ3) is 1.26. The average molecular weight is 257 g/mol. The molecule has 1 heterocycles. The maximum absolute atomic E-state index is 10.9. The van der Waals surface area contributed by atoms with Crippen LogP contribution in [-0.4, -0.2) is 10.2 Å². The first-order valence-corrected chi connectivity index (χ1v) is 4.53. The Hall–Kier alpha value is -1.49. The monoisotopic (exact) mass is 256 g/mol. The summed E-state index contributed by atoms with van der Waals surface area (Å²) in [6.45, 7) is 0. The second-order valence-corrected chi connectivity index (χ2v) is 3.52. The largest absolute Gasteiger partial charge is 0.504 e. The number of phenols is 2. The Labute approximate surface area is 86.5 Å². The summed E-state index contributed by atoms with van der Waals surface area (Å²) in [6.07, 6.45) is 0. The van der Waals surface area contributed by atoms with Gasteiger partial charge in [0.1, 0.15) is 5.58 Å². The van der Waals surface area contributed by atoms with Crippen LogP contribution in [0.25, 0.3) is 11.0 Å². The normalized spacial score (nSPS) is 10.6. The average Bonchev–Trinajstić information content (AvgIpc) is 2.14. The smallest absolute Gasteiger partial charge is 0.336 e. The fraction of sp³-hybridized carbons (Fsp3) is 0. The van der Waals surface area contributed by atoms with Crippen molar-refractivity contribution in [3.8, 4) is 11.5 Å². The van der Waals surface area contributed by atoms with Gasteiger partial charge in [0, 0.05) is 17.5 Å². The van der Waals surface area contributed by atoms with Gasteiger partial charge in [-0.3, -0.25) is 0 Å². The minimum absolute atomic E-state index is 0.222. The first-order valence-electron chi connectivity index (χ1n) is 3.74. The SMILES string of the molecule is O=c1ccc2c(Br)c(O)c(O)cc2o1. The molecule has 0 fully saturated rings. The van der Waals surface area contributed by atoms with Gasteiger partial charge in [-0.05, 0) is 22.0 Å². The third-order valence-electron chi connectivity index (χ3n) is 1.82. The number of benzene rings is 1. The lowest BCUT2D eigenvalue weighted by molar-refractivity contribution is 0.401. The number of fused-ring (bicyclic) bond motifs is 1. The highest BCUT2D eigenvalue weighted by atomic mass is 79.9. The van der Waals surface area contributed by atoms with Gasteiger partial charge < -0.3 is 14.6 Å². The molecule has 72 valence electrons. The van der Waals surface area contributed by atoms with Crippen molar-refractivity contribution in [2.24, 2.45) is 0 Å². The van der Waals surface area contributed by atoms with E-state index in [1.807, 2.05) is 0 Å². The second-order valence-electron chi connectivity index (χ2n) is 2.72.